The molecular formula is C15H19N5O. The highest BCUT2D eigenvalue weighted by molar-refractivity contribution is 5.95. The van der Waals surface area contributed by atoms with Crippen LogP contribution in [0.25, 0.3) is 0 Å². The van der Waals surface area contributed by atoms with E-state index in [0.29, 0.717) is 11.3 Å². The number of hydrogen-bond donors (Lipinski definition) is 2. The van der Waals surface area contributed by atoms with Gasteiger partial charge in [0, 0.05) is 24.2 Å². The van der Waals surface area contributed by atoms with E-state index in [1.54, 1.807) is 12.1 Å². The first-order valence-electron chi connectivity index (χ1n) is 7.15. The van der Waals surface area contributed by atoms with Gasteiger partial charge in [0.15, 0.2) is 5.82 Å². The van der Waals surface area contributed by atoms with Crippen LogP contribution < -0.4 is 11.1 Å². The minimum Gasteiger partial charge on any atom is -0.398 e. The lowest BCUT2D eigenvalue weighted by molar-refractivity contribution is 0.0937. The van der Waals surface area contributed by atoms with E-state index in [1.165, 1.54) is 0 Å². The summed E-state index contributed by atoms with van der Waals surface area (Å²) in [7, 11) is 0. The summed E-state index contributed by atoms with van der Waals surface area (Å²) in [6.45, 7) is 4.76. The number of fused-ring (bicyclic) bond motifs is 1. The van der Waals surface area contributed by atoms with Crippen molar-refractivity contribution in [3.8, 4) is 0 Å². The normalized spacial score (nSPS) is 14.8. The van der Waals surface area contributed by atoms with Crippen molar-refractivity contribution in [2.24, 2.45) is 0 Å². The zero-order valence-electron chi connectivity index (χ0n) is 12.3. The predicted octanol–water partition coefficient (Wildman–Crippen LogP) is 1.61. The molecule has 1 atom stereocenters. The Labute approximate surface area is 123 Å². The first-order valence-corrected chi connectivity index (χ1v) is 7.15. The Kier molecular flexibility index (Phi) is 3.37. The van der Waals surface area contributed by atoms with Crippen LogP contribution in [0.4, 0.5) is 5.69 Å². The lowest BCUT2D eigenvalue weighted by Crippen LogP contribution is -2.28. The molecule has 6 nitrogen and oxygen atoms in total. The minimum absolute atomic E-state index is 0.149. The predicted molar refractivity (Wildman–Crippen MR) is 79.8 cm³/mol. The fourth-order valence-electron chi connectivity index (χ4n) is 2.62. The van der Waals surface area contributed by atoms with Crippen LogP contribution in [0.2, 0.25) is 0 Å². The molecule has 0 radical (unpaired) electrons. The third-order valence-electron chi connectivity index (χ3n) is 3.91. The molecule has 2 heterocycles. The Morgan fingerprint density at radius 1 is 1.43 bits per heavy atom. The van der Waals surface area contributed by atoms with Crippen molar-refractivity contribution in [3.05, 3.63) is 41.0 Å². The zero-order chi connectivity index (χ0) is 15.0. The van der Waals surface area contributed by atoms with E-state index in [-0.39, 0.29) is 11.9 Å². The Hall–Kier alpha value is -2.37. The van der Waals surface area contributed by atoms with Crippen LogP contribution in [0.3, 0.4) is 0 Å². The van der Waals surface area contributed by atoms with Gasteiger partial charge in [-0.1, -0.05) is 6.07 Å². The van der Waals surface area contributed by atoms with Crippen molar-refractivity contribution in [2.75, 3.05) is 5.73 Å². The molecule has 1 aromatic heterocycles. The first kappa shape index (κ1) is 13.6. The first-order chi connectivity index (χ1) is 10.1. The number of amides is 1. The highest BCUT2D eigenvalue weighted by atomic mass is 16.1. The number of aryl methyl sites for hydroxylation is 2. The minimum atomic E-state index is -0.181. The number of nitrogens with one attached hydrogen (secondary N) is 1. The van der Waals surface area contributed by atoms with Gasteiger partial charge in [0.1, 0.15) is 5.82 Å². The molecule has 3 rings (SSSR count). The van der Waals surface area contributed by atoms with Crippen LogP contribution in [0.1, 0.15) is 47.0 Å². The van der Waals surface area contributed by atoms with Gasteiger partial charge in [0.05, 0.1) is 6.04 Å². The van der Waals surface area contributed by atoms with Crippen molar-refractivity contribution in [1.29, 1.82) is 0 Å². The highest BCUT2D eigenvalue weighted by Crippen LogP contribution is 2.20. The number of hydrogen-bond acceptors (Lipinski definition) is 4. The summed E-state index contributed by atoms with van der Waals surface area (Å²) >= 11 is 0. The Bertz CT molecular complexity index is 691. The maximum Gasteiger partial charge on any atom is 0.251 e. The Morgan fingerprint density at radius 2 is 2.24 bits per heavy atom. The van der Waals surface area contributed by atoms with Crippen LogP contribution in [0, 0.1) is 6.92 Å². The standard InChI is InChI=1S/C15H19N5O/c1-9-5-6-11(8-12(9)16)15(21)17-10(2)14-19-18-13-4-3-7-20(13)14/h5-6,8,10H,3-4,7,16H2,1-2H3,(H,17,21). The quantitative estimate of drug-likeness (QED) is 0.839. The fraction of sp³-hybridized carbons (Fsp3) is 0.400. The molecule has 6 heteroatoms. The Balaban J connectivity index is 1.76. The molecule has 21 heavy (non-hydrogen) atoms. The van der Waals surface area contributed by atoms with Gasteiger partial charge in [0.25, 0.3) is 5.91 Å². The molecular weight excluding hydrogens is 266 g/mol. The molecule has 0 saturated carbocycles. The maximum absolute atomic E-state index is 12.3. The molecule has 0 fully saturated rings. The molecule has 3 N–H and O–H groups in total. The largest absolute Gasteiger partial charge is 0.398 e. The third kappa shape index (κ3) is 2.49. The second kappa shape index (κ2) is 5.20. The van der Waals surface area contributed by atoms with Gasteiger partial charge in [-0.15, -0.1) is 10.2 Å². The van der Waals surface area contributed by atoms with E-state index in [4.69, 9.17) is 5.73 Å². The van der Waals surface area contributed by atoms with Crippen LogP contribution in [0.5, 0.6) is 0 Å². The number of aromatic nitrogens is 3. The number of carbonyl (C=O) groups excluding carboxylic acids is 1. The monoisotopic (exact) mass is 285 g/mol. The molecule has 1 amide bonds. The maximum atomic E-state index is 12.3. The molecule has 1 unspecified atom stereocenters. The number of benzene rings is 1. The van der Waals surface area contributed by atoms with Gasteiger partial charge in [-0.2, -0.15) is 0 Å². The molecule has 0 spiro atoms. The van der Waals surface area contributed by atoms with E-state index >= 15 is 0 Å². The third-order valence-corrected chi connectivity index (χ3v) is 3.91. The zero-order valence-corrected chi connectivity index (χ0v) is 12.3. The molecule has 0 saturated heterocycles. The number of nitrogens with two attached hydrogens (primary N) is 1. The molecule has 0 bridgehead atoms. The van der Waals surface area contributed by atoms with Gasteiger partial charge in [-0.25, -0.2) is 0 Å². The van der Waals surface area contributed by atoms with E-state index in [0.717, 1.165) is 36.6 Å². The summed E-state index contributed by atoms with van der Waals surface area (Å²) in [5.74, 6) is 1.67. The molecule has 1 aromatic carbocycles. The lowest BCUT2D eigenvalue weighted by atomic mass is 10.1. The molecule has 1 aliphatic heterocycles. The second-order valence-corrected chi connectivity index (χ2v) is 5.50. The van der Waals surface area contributed by atoms with Crippen LogP contribution >= 0.6 is 0 Å². The van der Waals surface area contributed by atoms with Gasteiger partial charge in [-0.3, -0.25) is 4.79 Å². The van der Waals surface area contributed by atoms with Crippen LogP contribution in [0.15, 0.2) is 18.2 Å². The highest BCUT2D eigenvalue weighted by Gasteiger charge is 2.22. The average Bonchev–Trinajstić information content (AvgIpc) is 3.04. The fourth-order valence-corrected chi connectivity index (χ4v) is 2.62. The number of anilines is 1. The van der Waals surface area contributed by atoms with Crippen molar-refractivity contribution >= 4 is 11.6 Å². The van der Waals surface area contributed by atoms with Gasteiger partial charge >= 0.3 is 0 Å². The molecule has 0 aliphatic carbocycles. The van der Waals surface area contributed by atoms with E-state index in [2.05, 4.69) is 20.1 Å². The summed E-state index contributed by atoms with van der Waals surface area (Å²) in [4.78, 5) is 12.3. The number of nitrogen functional groups attached to an aromatic ring is 1. The molecule has 110 valence electrons. The number of carbonyl (C=O) groups is 1. The number of rotatable bonds is 3. The van der Waals surface area contributed by atoms with E-state index < -0.39 is 0 Å². The van der Waals surface area contributed by atoms with Gasteiger partial charge in [-0.05, 0) is 38.0 Å². The van der Waals surface area contributed by atoms with Gasteiger partial charge in [0.2, 0.25) is 0 Å². The summed E-state index contributed by atoms with van der Waals surface area (Å²) in [6.07, 6.45) is 2.05. The Morgan fingerprint density at radius 3 is 3.00 bits per heavy atom. The number of nitrogens with zero attached hydrogens (tertiary/aromatic N) is 3. The van der Waals surface area contributed by atoms with Crippen molar-refractivity contribution in [3.63, 3.8) is 0 Å². The average molecular weight is 285 g/mol. The van der Waals surface area contributed by atoms with E-state index in [9.17, 15) is 4.79 Å². The summed E-state index contributed by atoms with van der Waals surface area (Å²) in [5.41, 5.74) is 8.00. The smallest absolute Gasteiger partial charge is 0.251 e. The van der Waals surface area contributed by atoms with Crippen molar-refractivity contribution in [1.82, 2.24) is 20.1 Å². The van der Waals surface area contributed by atoms with Crippen LogP contribution in [-0.4, -0.2) is 20.7 Å². The van der Waals surface area contributed by atoms with Crippen molar-refractivity contribution < 1.29 is 4.79 Å². The lowest BCUT2D eigenvalue weighted by Gasteiger charge is -2.14. The summed E-state index contributed by atoms with van der Waals surface area (Å²) in [6, 6.07) is 5.15. The molecule has 1 aliphatic rings. The van der Waals surface area contributed by atoms with Crippen LogP contribution in [-0.2, 0) is 13.0 Å². The summed E-state index contributed by atoms with van der Waals surface area (Å²) < 4.78 is 2.09. The van der Waals surface area contributed by atoms with Gasteiger partial charge < -0.3 is 15.6 Å². The summed E-state index contributed by atoms with van der Waals surface area (Å²) in [5, 5.41) is 11.3. The molecule has 2 aromatic rings. The van der Waals surface area contributed by atoms with E-state index in [1.807, 2.05) is 19.9 Å². The SMILES string of the molecule is Cc1ccc(C(=O)NC(C)c2nnc3n2CCC3)cc1N. The van der Waals surface area contributed by atoms with Crippen molar-refractivity contribution in [2.45, 2.75) is 39.3 Å². The topological polar surface area (TPSA) is 85.8 Å². The second-order valence-electron chi connectivity index (χ2n) is 5.50.